The van der Waals surface area contributed by atoms with Crippen molar-refractivity contribution in [1.29, 1.82) is 0 Å². The van der Waals surface area contributed by atoms with Crippen LogP contribution in [-0.2, 0) is 20.1 Å². The van der Waals surface area contributed by atoms with Gasteiger partial charge >= 0.3 is 0 Å². The molecule has 0 bridgehead atoms. The van der Waals surface area contributed by atoms with Crippen LogP contribution in [0.15, 0.2) is 102 Å². The first-order valence-electron chi connectivity index (χ1n) is 14.8. The van der Waals surface area contributed by atoms with E-state index in [1.54, 1.807) is 0 Å². The van der Waals surface area contributed by atoms with Crippen LogP contribution in [0.5, 0.6) is 0 Å². The molecule has 213 valence electrons. The molecule has 0 saturated carbocycles. The third-order valence-electron chi connectivity index (χ3n) is 7.68. The minimum Gasteiger partial charge on any atom is -0.487 e. The van der Waals surface area contributed by atoms with Gasteiger partial charge in [-0.3, -0.25) is 4.40 Å². The molecule has 0 saturated heterocycles. The van der Waals surface area contributed by atoms with Crippen LogP contribution in [0.4, 0.5) is 0 Å². The van der Waals surface area contributed by atoms with E-state index in [0.29, 0.717) is 22.3 Å². The summed E-state index contributed by atoms with van der Waals surface area (Å²) in [6, 6.07) is 30.0. The first kappa shape index (κ1) is 26.0. The summed E-state index contributed by atoms with van der Waals surface area (Å²) in [4.78, 5) is 13.5. The topological polar surface area (TPSA) is 56.2 Å². The number of pyridine rings is 3. The summed E-state index contributed by atoms with van der Waals surface area (Å²) in [7, 11) is 0. The van der Waals surface area contributed by atoms with Crippen LogP contribution in [-0.4, -0.2) is 19.4 Å². The number of aryl methyl sites for hydroxylation is 4. The van der Waals surface area contributed by atoms with E-state index in [-0.39, 0.29) is 32.2 Å². The average molecular weight is 739 g/mol. The number of nitrogens with zero attached hydrogens (tertiary/aromatic N) is 4. The van der Waals surface area contributed by atoms with Crippen molar-refractivity contribution in [3.05, 3.63) is 132 Å². The molecule has 5 nitrogen and oxygen atoms in total. The van der Waals surface area contributed by atoms with Gasteiger partial charge < -0.3 is 14.4 Å². The summed E-state index contributed by atoms with van der Waals surface area (Å²) in [5.74, 6) is 0. The number of aromatic nitrogens is 4. The maximum atomic E-state index is 8.65. The maximum absolute atomic E-state index is 8.65. The van der Waals surface area contributed by atoms with E-state index in [4.69, 9.17) is 7.16 Å². The smallest absolute Gasteiger partial charge is 0.202 e. The molecular formula is C37H28IrN4O-2. The Hall–Kier alpha value is -4.64. The zero-order valence-electron chi connectivity index (χ0n) is 26.1. The van der Waals surface area contributed by atoms with E-state index in [1.165, 1.54) is 11.1 Å². The van der Waals surface area contributed by atoms with Crippen molar-refractivity contribution in [2.24, 2.45) is 0 Å². The molecule has 8 rings (SSSR count). The molecule has 5 aromatic heterocycles. The van der Waals surface area contributed by atoms with Crippen LogP contribution in [0.2, 0.25) is 0 Å². The van der Waals surface area contributed by atoms with E-state index < -0.39 is 0 Å². The average Bonchev–Trinajstić information content (AvgIpc) is 3.63. The Bertz CT molecular complexity index is 2360. The van der Waals surface area contributed by atoms with Crippen LogP contribution < -0.4 is 0 Å². The fourth-order valence-corrected chi connectivity index (χ4v) is 5.04. The SMILES string of the molecule is Cc1cnc(-c2[c-]cccc2)cc1C.[2H]c1c([2H])c2nc3ccccc3n2c2oc3c(-c4cc(C)c(C)cn4)[c-]ccc3c12.[Ir]. The maximum Gasteiger partial charge on any atom is 0.202 e. The Morgan fingerprint density at radius 1 is 0.744 bits per heavy atom. The van der Waals surface area contributed by atoms with E-state index in [2.05, 4.69) is 53.9 Å². The number of para-hydroxylation sites is 2. The molecule has 0 unspecified atom stereocenters. The van der Waals surface area contributed by atoms with Gasteiger partial charge in [-0.1, -0.05) is 46.3 Å². The van der Waals surface area contributed by atoms with Crippen molar-refractivity contribution in [3.8, 4) is 22.5 Å². The molecule has 8 aromatic rings. The molecule has 5 heterocycles. The molecule has 1 radical (unpaired) electrons. The fourth-order valence-electron chi connectivity index (χ4n) is 5.04. The zero-order valence-corrected chi connectivity index (χ0v) is 26.5. The van der Waals surface area contributed by atoms with Crippen molar-refractivity contribution in [2.75, 3.05) is 0 Å². The Balaban J connectivity index is 0.000000201. The van der Waals surface area contributed by atoms with Gasteiger partial charge in [0, 0.05) is 37.9 Å². The molecular weight excluding hydrogens is 709 g/mol. The molecule has 0 fully saturated rings. The van der Waals surface area contributed by atoms with Crippen LogP contribution >= 0.6 is 0 Å². The fraction of sp³-hybridized carbons (Fsp3) is 0.108. The van der Waals surface area contributed by atoms with E-state index in [9.17, 15) is 0 Å². The molecule has 0 aliphatic heterocycles. The molecule has 3 aromatic carbocycles. The normalized spacial score (nSPS) is 11.7. The van der Waals surface area contributed by atoms with Crippen LogP contribution in [0.3, 0.4) is 0 Å². The predicted molar refractivity (Wildman–Crippen MR) is 169 cm³/mol. The summed E-state index contributed by atoms with van der Waals surface area (Å²) in [5.41, 5.74) is 11.5. The largest absolute Gasteiger partial charge is 0.487 e. The second kappa shape index (κ2) is 11.6. The zero-order chi connectivity index (χ0) is 30.5. The minimum atomic E-state index is 0. The number of imidazole rings is 1. The summed E-state index contributed by atoms with van der Waals surface area (Å²) in [6.45, 7) is 8.25. The molecule has 0 atom stereocenters. The van der Waals surface area contributed by atoms with Gasteiger partial charge in [0.1, 0.15) is 5.65 Å². The van der Waals surface area contributed by atoms with Crippen molar-refractivity contribution < 1.29 is 27.3 Å². The Morgan fingerprint density at radius 2 is 1.47 bits per heavy atom. The van der Waals surface area contributed by atoms with Gasteiger partial charge in [0.15, 0.2) is 0 Å². The van der Waals surface area contributed by atoms with E-state index >= 15 is 0 Å². The first-order chi connectivity index (χ1) is 21.3. The van der Waals surface area contributed by atoms with Gasteiger partial charge in [-0.2, -0.15) is 0 Å². The van der Waals surface area contributed by atoms with Gasteiger partial charge in [0.2, 0.25) is 5.71 Å². The predicted octanol–water partition coefficient (Wildman–Crippen LogP) is 9.03. The summed E-state index contributed by atoms with van der Waals surface area (Å²) < 4.78 is 25.4. The van der Waals surface area contributed by atoms with Crippen LogP contribution in [0.25, 0.3) is 61.3 Å². The number of hydrogen-bond acceptors (Lipinski definition) is 4. The second-order valence-corrected chi connectivity index (χ2v) is 10.5. The number of furan rings is 1. The summed E-state index contributed by atoms with van der Waals surface area (Å²) in [5, 5.41) is 1.38. The third-order valence-corrected chi connectivity index (χ3v) is 7.68. The van der Waals surface area contributed by atoms with Crippen LogP contribution in [0, 0.1) is 39.8 Å². The Labute approximate surface area is 266 Å². The standard InChI is InChI=1S/C24H16N3O.C13H12N.Ir/c1-14-12-20(25-13-15(14)2)18-7-5-6-16-17-10-11-22-26-19-8-3-4-9-21(19)27(22)24(17)28-23(16)18;1-10-8-13(14-9-11(10)2)12-6-4-3-5-7-12;/h3-6,8-13H,1-2H3;3-6,8-9H,1-2H3;/q2*-1;/i10D,11D;;. The quantitative estimate of drug-likeness (QED) is 0.166. The molecule has 0 spiro atoms. The molecule has 0 N–H and O–H groups in total. The number of hydrogen-bond donors (Lipinski definition) is 0. The molecule has 43 heavy (non-hydrogen) atoms. The molecule has 6 heteroatoms. The molecule has 0 aliphatic carbocycles. The number of fused-ring (bicyclic) bond motifs is 7. The second-order valence-electron chi connectivity index (χ2n) is 10.5. The van der Waals surface area contributed by atoms with Crippen molar-refractivity contribution in [3.63, 3.8) is 0 Å². The van der Waals surface area contributed by atoms with Gasteiger partial charge in [0.05, 0.1) is 19.4 Å². The Morgan fingerprint density at radius 3 is 2.21 bits per heavy atom. The summed E-state index contributed by atoms with van der Waals surface area (Å²) >= 11 is 0. The van der Waals surface area contributed by atoms with Crippen molar-refractivity contribution in [2.45, 2.75) is 27.7 Å². The molecule has 0 aliphatic rings. The van der Waals surface area contributed by atoms with Crippen molar-refractivity contribution >= 4 is 38.7 Å². The number of benzene rings is 3. The van der Waals surface area contributed by atoms with Gasteiger partial charge in [-0.15, -0.1) is 54.1 Å². The minimum absolute atomic E-state index is 0. The van der Waals surface area contributed by atoms with Crippen molar-refractivity contribution in [1.82, 2.24) is 19.4 Å². The van der Waals surface area contributed by atoms with Crippen LogP contribution in [0.1, 0.15) is 25.0 Å². The van der Waals surface area contributed by atoms with E-state index in [1.807, 2.05) is 90.4 Å². The van der Waals surface area contributed by atoms with Gasteiger partial charge in [-0.05, 0) is 74.4 Å². The number of rotatable bonds is 2. The first-order valence-corrected chi connectivity index (χ1v) is 13.8. The Kier molecular flexibility index (Phi) is 7.00. The van der Waals surface area contributed by atoms with Gasteiger partial charge in [-0.25, -0.2) is 4.98 Å². The van der Waals surface area contributed by atoms with Gasteiger partial charge in [0.25, 0.3) is 0 Å². The van der Waals surface area contributed by atoms with E-state index in [0.717, 1.165) is 50.1 Å². The monoisotopic (exact) mass is 739 g/mol. The third kappa shape index (κ3) is 5.14. The molecule has 0 amide bonds. The summed E-state index contributed by atoms with van der Waals surface area (Å²) in [6.07, 6.45) is 3.75.